The van der Waals surface area contributed by atoms with Gasteiger partial charge in [-0.2, -0.15) is 0 Å². The van der Waals surface area contributed by atoms with Crippen LogP contribution in [-0.2, 0) is 6.54 Å². The van der Waals surface area contributed by atoms with Crippen LogP contribution in [0.25, 0.3) is 0 Å². The summed E-state index contributed by atoms with van der Waals surface area (Å²) in [5, 5.41) is 9.80. The molecule has 0 aliphatic heterocycles. The number of aryl methyl sites for hydroxylation is 1. The molecular formula is C18H27N5S. The summed E-state index contributed by atoms with van der Waals surface area (Å²) in [6, 6.07) is 8.69. The first-order chi connectivity index (χ1) is 11.5. The zero-order valence-corrected chi connectivity index (χ0v) is 15.9. The number of nitrogens with one attached hydrogen (secondary N) is 2. The lowest BCUT2D eigenvalue weighted by atomic mass is 10.0. The number of benzene rings is 1. The van der Waals surface area contributed by atoms with Crippen molar-refractivity contribution < 1.29 is 0 Å². The molecule has 0 saturated carbocycles. The number of guanidine groups is 1. The molecule has 1 aromatic heterocycles. The van der Waals surface area contributed by atoms with Crippen molar-refractivity contribution in [3.8, 4) is 0 Å². The summed E-state index contributed by atoms with van der Waals surface area (Å²) in [5.74, 6) is 1.22. The third-order valence-corrected chi connectivity index (χ3v) is 4.86. The van der Waals surface area contributed by atoms with Gasteiger partial charge in [-0.3, -0.25) is 4.99 Å². The van der Waals surface area contributed by atoms with Crippen LogP contribution in [0.15, 0.2) is 34.6 Å². The summed E-state index contributed by atoms with van der Waals surface area (Å²) in [7, 11) is 5.80. The van der Waals surface area contributed by atoms with Crippen LogP contribution in [0.1, 0.15) is 29.7 Å². The largest absolute Gasteiger partial charge is 0.356 e. The molecule has 2 N–H and O–H groups in total. The Morgan fingerprint density at radius 2 is 1.96 bits per heavy atom. The van der Waals surface area contributed by atoms with Crippen LogP contribution in [-0.4, -0.2) is 38.6 Å². The number of nitrogens with zero attached hydrogens (tertiary/aromatic N) is 3. The van der Waals surface area contributed by atoms with Crippen molar-refractivity contribution in [2.75, 3.05) is 32.6 Å². The Hall–Kier alpha value is -2.08. The van der Waals surface area contributed by atoms with E-state index in [2.05, 4.69) is 64.1 Å². The molecule has 0 bridgehead atoms. The summed E-state index contributed by atoms with van der Waals surface area (Å²) in [4.78, 5) is 10.9. The second kappa shape index (κ2) is 8.68. The van der Waals surface area contributed by atoms with Crippen molar-refractivity contribution >= 4 is 22.4 Å². The van der Waals surface area contributed by atoms with E-state index in [4.69, 9.17) is 0 Å². The van der Waals surface area contributed by atoms with Gasteiger partial charge >= 0.3 is 0 Å². The minimum atomic E-state index is 0.420. The Kier molecular flexibility index (Phi) is 6.61. The summed E-state index contributed by atoms with van der Waals surface area (Å²) >= 11 is 1.65. The molecule has 1 heterocycles. The van der Waals surface area contributed by atoms with Gasteiger partial charge in [0.1, 0.15) is 0 Å². The molecule has 0 saturated heterocycles. The molecule has 2 rings (SSSR count). The lowest BCUT2D eigenvalue weighted by Crippen LogP contribution is -2.38. The van der Waals surface area contributed by atoms with Crippen molar-refractivity contribution in [1.29, 1.82) is 0 Å². The molecule has 1 unspecified atom stereocenters. The number of aromatic nitrogens is 1. The lowest BCUT2D eigenvalue weighted by molar-refractivity contribution is 0.697. The Morgan fingerprint density at radius 3 is 2.54 bits per heavy atom. The van der Waals surface area contributed by atoms with E-state index in [1.54, 1.807) is 18.4 Å². The standard InChI is InChI=1S/C18H27N5S/c1-13-6-8-15(9-7-13)14(2)10-20-17(19-3)21-11-16-12-24-18(22-16)23(4)5/h6-9,12,14H,10-11H2,1-5H3,(H2,19,20,21). The van der Waals surface area contributed by atoms with E-state index in [0.717, 1.165) is 23.3 Å². The maximum atomic E-state index is 4.57. The highest BCUT2D eigenvalue weighted by molar-refractivity contribution is 7.13. The van der Waals surface area contributed by atoms with Crippen molar-refractivity contribution in [3.05, 3.63) is 46.5 Å². The average Bonchev–Trinajstić information content (AvgIpc) is 3.04. The Balaban J connectivity index is 1.82. The molecule has 0 amide bonds. The van der Waals surface area contributed by atoms with Crippen LogP contribution in [0.2, 0.25) is 0 Å². The number of hydrogen-bond donors (Lipinski definition) is 2. The fourth-order valence-corrected chi connectivity index (χ4v) is 3.00. The van der Waals surface area contributed by atoms with Gasteiger partial charge in [0.25, 0.3) is 0 Å². The average molecular weight is 346 g/mol. The first-order valence-electron chi connectivity index (χ1n) is 8.12. The summed E-state index contributed by atoms with van der Waals surface area (Å²) in [6.45, 7) is 5.83. The van der Waals surface area contributed by atoms with Gasteiger partial charge in [-0.1, -0.05) is 36.8 Å². The third-order valence-electron chi connectivity index (χ3n) is 3.80. The van der Waals surface area contributed by atoms with Gasteiger partial charge in [-0.15, -0.1) is 11.3 Å². The normalized spacial score (nSPS) is 12.8. The number of anilines is 1. The monoisotopic (exact) mass is 345 g/mol. The molecule has 0 aliphatic carbocycles. The number of thiazole rings is 1. The molecule has 0 spiro atoms. The minimum absolute atomic E-state index is 0.420. The first-order valence-corrected chi connectivity index (χ1v) is 9.00. The Morgan fingerprint density at radius 1 is 1.25 bits per heavy atom. The summed E-state index contributed by atoms with van der Waals surface area (Å²) < 4.78 is 0. The van der Waals surface area contributed by atoms with Gasteiger partial charge in [-0.05, 0) is 18.4 Å². The zero-order chi connectivity index (χ0) is 17.5. The first kappa shape index (κ1) is 18.3. The Bertz CT molecular complexity index is 660. The summed E-state index contributed by atoms with van der Waals surface area (Å²) in [6.07, 6.45) is 0. The maximum Gasteiger partial charge on any atom is 0.191 e. The topological polar surface area (TPSA) is 52.6 Å². The van der Waals surface area contributed by atoms with Crippen LogP contribution >= 0.6 is 11.3 Å². The van der Waals surface area contributed by atoms with E-state index >= 15 is 0 Å². The summed E-state index contributed by atoms with van der Waals surface area (Å²) in [5.41, 5.74) is 3.65. The van der Waals surface area contributed by atoms with E-state index in [1.165, 1.54) is 11.1 Å². The van der Waals surface area contributed by atoms with Crippen molar-refractivity contribution in [1.82, 2.24) is 15.6 Å². The molecular weight excluding hydrogens is 318 g/mol. The van der Waals surface area contributed by atoms with E-state index in [9.17, 15) is 0 Å². The smallest absolute Gasteiger partial charge is 0.191 e. The van der Waals surface area contributed by atoms with Crippen LogP contribution in [0.4, 0.5) is 5.13 Å². The van der Waals surface area contributed by atoms with Crippen LogP contribution < -0.4 is 15.5 Å². The van der Waals surface area contributed by atoms with E-state index in [-0.39, 0.29) is 0 Å². The van der Waals surface area contributed by atoms with Crippen LogP contribution in [0.3, 0.4) is 0 Å². The molecule has 5 nitrogen and oxygen atoms in total. The van der Waals surface area contributed by atoms with E-state index in [0.29, 0.717) is 12.5 Å². The minimum Gasteiger partial charge on any atom is -0.356 e. The Labute approximate surface area is 148 Å². The van der Waals surface area contributed by atoms with Gasteiger partial charge in [0.05, 0.1) is 12.2 Å². The van der Waals surface area contributed by atoms with E-state index < -0.39 is 0 Å². The number of rotatable bonds is 6. The molecule has 1 aromatic carbocycles. The van der Waals surface area contributed by atoms with Gasteiger partial charge < -0.3 is 15.5 Å². The maximum absolute atomic E-state index is 4.57. The molecule has 0 aliphatic rings. The second-order valence-electron chi connectivity index (χ2n) is 6.13. The quantitative estimate of drug-likeness (QED) is 0.624. The predicted molar refractivity (Wildman–Crippen MR) is 104 cm³/mol. The van der Waals surface area contributed by atoms with Crippen LogP contribution in [0, 0.1) is 6.92 Å². The molecule has 130 valence electrons. The second-order valence-corrected chi connectivity index (χ2v) is 6.97. The third kappa shape index (κ3) is 5.23. The van der Waals surface area contributed by atoms with E-state index in [1.807, 2.05) is 19.0 Å². The molecule has 24 heavy (non-hydrogen) atoms. The SMILES string of the molecule is CN=C(NCc1csc(N(C)C)n1)NCC(C)c1ccc(C)cc1. The van der Waals surface area contributed by atoms with Gasteiger partial charge in [0.2, 0.25) is 0 Å². The predicted octanol–water partition coefficient (Wildman–Crippen LogP) is 2.99. The fraction of sp³-hybridized carbons (Fsp3) is 0.444. The molecule has 0 fully saturated rings. The van der Waals surface area contributed by atoms with Crippen molar-refractivity contribution in [3.63, 3.8) is 0 Å². The highest BCUT2D eigenvalue weighted by Gasteiger charge is 2.08. The lowest BCUT2D eigenvalue weighted by Gasteiger charge is -2.16. The van der Waals surface area contributed by atoms with Crippen LogP contribution in [0.5, 0.6) is 0 Å². The van der Waals surface area contributed by atoms with Crippen molar-refractivity contribution in [2.45, 2.75) is 26.3 Å². The molecule has 0 radical (unpaired) electrons. The van der Waals surface area contributed by atoms with Gasteiger partial charge in [0.15, 0.2) is 11.1 Å². The van der Waals surface area contributed by atoms with Gasteiger partial charge in [0, 0.05) is 33.1 Å². The molecule has 2 aromatic rings. The number of hydrogen-bond acceptors (Lipinski definition) is 4. The molecule has 1 atom stereocenters. The molecule has 6 heteroatoms. The zero-order valence-electron chi connectivity index (χ0n) is 15.1. The highest BCUT2D eigenvalue weighted by atomic mass is 32.1. The van der Waals surface area contributed by atoms with Gasteiger partial charge in [-0.25, -0.2) is 4.98 Å². The fourth-order valence-electron chi connectivity index (χ4n) is 2.24. The van der Waals surface area contributed by atoms with Crippen molar-refractivity contribution in [2.24, 2.45) is 4.99 Å². The highest BCUT2D eigenvalue weighted by Crippen LogP contribution is 2.17. The number of aliphatic imine (C=N–C) groups is 1.